The number of carbonyl (C=O) groups excluding carboxylic acids is 1. The SMILES string of the molecule is O=C1N=NSC1=CCCCCCOC1CCCCO1. The summed E-state index contributed by atoms with van der Waals surface area (Å²) in [4.78, 5) is 11.8. The third-order valence-corrected chi connectivity index (χ3v) is 3.80. The van der Waals surface area contributed by atoms with Gasteiger partial charge >= 0.3 is 5.91 Å². The van der Waals surface area contributed by atoms with Crippen molar-refractivity contribution in [1.29, 1.82) is 0 Å². The minimum Gasteiger partial charge on any atom is -0.353 e. The topological polar surface area (TPSA) is 60.2 Å². The summed E-state index contributed by atoms with van der Waals surface area (Å²) < 4.78 is 14.8. The van der Waals surface area contributed by atoms with Crippen LogP contribution < -0.4 is 0 Å². The lowest BCUT2D eigenvalue weighted by Gasteiger charge is -2.22. The number of ether oxygens (including phenoxy) is 2. The molecule has 1 atom stereocenters. The van der Waals surface area contributed by atoms with Gasteiger partial charge < -0.3 is 9.47 Å². The average molecular weight is 284 g/mol. The molecule has 0 aromatic rings. The number of carbonyl (C=O) groups is 1. The van der Waals surface area contributed by atoms with Crippen molar-refractivity contribution < 1.29 is 14.3 Å². The van der Waals surface area contributed by atoms with Crippen molar-refractivity contribution in [3.8, 4) is 0 Å². The highest BCUT2D eigenvalue weighted by Gasteiger charge is 2.15. The van der Waals surface area contributed by atoms with E-state index in [1.54, 1.807) is 0 Å². The maximum absolute atomic E-state index is 11.1. The zero-order chi connectivity index (χ0) is 13.3. The zero-order valence-corrected chi connectivity index (χ0v) is 11.9. The number of allylic oxidation sites excluding steroid dienone is 1. The summed E-state index contributed by atoms with van der Waals surface area (Å²) in [5, 5.41) is 3.44. The minimum atomic E-state index is -0.206. The van der Waals surface area contributed by atoms with Crippen LogP contribution in [0.1, 0.15) is 44.9 Å². The van der Waals surface area contributed by atoms with Crippen molar-refractivity contribution in [1.82, 2.24) is 0 Å². The Balaban J connectivity index is 1.45. The largest absolute Gasteiger partial charge is 0.353 e. The number of rotatable bonds is 7. The van der Waals surface area contributed by atoms with E-state index in [-0.39, 0.29) is 12.2 Å². The van der Waals surface area contributed by atoms with E-state index in [0.29, 0.717) is 4.91 Å². The summed E-state index contributed by atoms with van der Waals surface area (Å²) in [6.07, 6.45) is 9.44. The first-order chi connectivity index (χ1) is 9.36. The van der Waals surface area contributed by atoms with Crippen LogP contribution in [0.4, 0.5) is 0 Å². The van der Waals surface area contributed by atoms with Crippen LogP contribution >= 0.6 is 11.9 Å². The molecule has 6 heteroatoms. The highest BCUT2D eigenvalue weighted by molar-refractivity contribution is 8.03. The Bertz CT molecular complexity index is 352. The Kier molecular flexibility index (Phi) is 6.53. The lowest BCUT2D eigenvalue weighted by molar-refractivity contribution is -0.162. The molecule has 1 saturated heterocycles. The van der Waals surface area contributed by atoms with E-state index in [4.69, 9.17) is 9.47 Å². The highest BCUT2D eigenvalue weighted by atomic mass is 32.2. The molecule has 1 amide bonds. The normalized spacial score (nSPS) is 25.4. The number of nitrogens with zero attached hydrogens (tertiary/aromatic N) is 2. The van der Waals surface area contributed by atoms with Crippen LogP contribution in [0.3, 0.4) is 0 Å². The summed E-state index contributed by atoms with van der Waals surface area (Å²) >= 11 is 1.17. The summed E-state index contributed by atoms with van der Waals surface area (Å²) in [6.45, 7) is 1.60. The van der Waals surface area contributed by atoms with Gasteiger partial charge in [0.1, 0.15) is 0 Å². The van der Waals surface area contributed by atoms with Gasteiger partial charge in [-0.3, -0.25) is 4.79 Å². The first-order valence-corrected chi connectivity index (χ1v) is 7.69. The van der Waals surface area contributed by atoms with Gasteiger partial charge in [0.15, 0.2) is 6.29 Å². The standard InChI is InChI=1S/C13H20N2O3S/c16-13-11(19-15-14-13)7-3-1-2-5-9-17-12-8-4-6-10-18-12/h7,12H,1-6,8-10H2. The lowest BCUT2D eigenvalue weighted by atomic mass is 10.2. The smallest absolute Gasteiger partial charge is 0.303 e. The predicted octanol–water partition coefficient (Wildman–Crippen LogP) is 3.61. The second-order valence-electron chi connectivity index (χ2n) is 4.66. The molecular formula is C13H20N2O3S. The summed E-state index contributed by atoms with van der Waals surface area (Å²) in [7, 11) is 0. The molecule has 0 aromatic heterocycles. The van der Waals surface area contributed by atoms with Gasteiger partial charge in [-0.25, -0.2) is 0 Å². The van der Waals surface area contributed by atoms with Gasteiger partial charge in [-0.2, -0.15) is 0 Å². The zero-order valence-electron chi connectivity index (χ0n) is 11.0. The summed E-state index contributed by atoms with van der Waals surface area (Å²) in [5.74, 6) is -0.206. The Labute approximate surface area is 118 Å². The molecule has 2 heterocycles. The molecule has 1 fully saturated rings. The quantitative estimate of drug-likeness (QED) is 0.407. The maximum atomic E-state index is 11.1. The molecule has 5 nitrogen and oxygen atoms in total. The van der Waals surface area contributed by atoms with Crippen LogP contribution in [0.2, 0.25) is 0 Å². The molecule has 0 aromatic carbocycles. The van der Waals surface area contributed by atoms with E-state index in [1.165, 1.54) is 18.4 Å². The molecule has 0 bridgehead atoms. The molecule has 0 radical (unpaired) electrons. The van der Waals surface area contributed by atoms with E-state index in [2.05, 4.69) is 9.63 Å². The van der Waals surface area contributed by atoms with Gasteiger partial charge in [-0.15, -0.1) is 4.52 Å². The van der Waals surface area contributed by atoms with Crippen LogP contribution in [0.15, 0.2) is 20.6 Å². The molecular weight excluding hydrogens is 264 g/mol. The number of hydrogen-bond acceptors (Lipinski definition) is 5. The molecule has 2 aliphatic heterocycles. The molecule has 0 spiro atoms. The molecule has 2 rings (SSSR count). The van der Waals surface area contributed by atoms with Crippen molar-refractivity contribution >= 4 is 17.9 Å². The predicted molar refractivity (Wildman–Crippen MR) is 73.5 cm³/mol. The van der Waals surface area contributed by atoms with Crippen molar-refractivity contribution in [3.63, 3.8) is 0 Å². The molecule has 0 N–H and O–H groups in total. The second-order valence-corrected chi connectivity index (χ2v) is 5.45. The van der Waals surface area contributed by atoms with Gasteiger partial charge in [0.05, 0.1) is 4.91 Å². The van der Waals surface area contributed by atoms with Gasteiger partial charge in [0, 0.05) is 25.2 Å². The number of hydrogen-bond donors (Lipinski definition) is 0. The molecule has 1 unspecified atom stereocenters. The molecule has 106 valence electrons. The van der Waals surface area contributed by atoms with E-state index in [9.17, 15) is 4.79 Å². The molecule has 2 aliphatic rings. The first kappa shape index (κ1) is 14.7. The summed E-state index contributed by atoms with van der Waals surface area (Å²) in [5.41, 5.74) is 0. The van der Waals surface area contributed by atoms with Gasteiger partial charge in [-0.05, 0) is 38.5 Å². The monoisotopic (exact) mass is 284 g/mol. The average Bonchev–Trinajstić information content (AvgIpc) is 2.84. The van der Waals surface area contributed by atoms with Gasteiger partial charge in [0.25, 0.3) is 0 Å². The number of amides is 1. The highest BCUT2D eigenvalue weighted by Crippen LogP contribution is 2.26. The Hall–Kier alpha value is -0.720. The van der Waals surface area contributed by atoms with Gasteiger partial charge in [-0.1, -0.05) is 17.6 Å². The van der Waals surface area contributed by atoms with Crippen molar-refractivity contribution in [3.05, 3.63) is 11.0 Å². The maximum Gasteiger partial charge on any atom is 0.303 e. The summed E-state index contributed by atoms with van der Waals surface area (Å²) in [6, 6.07) is 0. The third kappa shape index (κ3) is 5.42. The lowest BCUT2D eigenvalue weighted by Crippen LogP contribution is -2.22. The van der Waals surface area contributed by atoms with Crippen LogP contribution in [-0.2, 0) is 14.3 Å². The van der Waals surface area contributed by atoms with Gasteiger partial charge in [0.2, 0.25) is 0 Å². The van der Waals surface area contributed by atoms with E-state index in [1.807, 2.05) is 6.08 Å². The van der Waals surface area contributed by atoms with Crippen molar-refractivity contribution in [2.45, 2.75) is 51.2 Å². The number of unbranched alkanes of at least 4 members (excludes halogenated alkanes) is 3. The Morgan fingerprint density at radius 1 is 1.37 bits per heavy atom. The molecule has 19 heavy (non-hydrogen) atoms. The van der Waals surface area contributed by atoms with Crippen molar-refractivity contribution in [2.24, 2.45) is 9.63 Å². The second kappa shape index (κ2) is 8.45. The fourth-order valence-electron chi connectivity index (χ4n) is 2.03. The van der Waals surface area contributed by atoms with Crippen LogP contribution in [0, 0.1) is 0 Å². The first-order valence-electron chi connectivity index (χ1n) is 6.92. The van der Waals surface area contributed by atoms with E-state index >= 15 is 0 Å². The Morgan fingerprint density at radius 2 is 2.32 bits per heavy atom. The fraction of sp³-hybridized carbons (Fsp3) is 0.769. The minimum absolute atomic E-state index is 0.0200. The van der Waals surface area contributed by atoms with Crippen LogP contribution in [0.5, 0.6) is 0 Å². The van der Waals surface area contributed by atoms with E-state index < -0.39 is 0 Å². The Morgan fingerprint density at radius 3 is 3.05 bits per heavy atom. The fourth-order valence-corrected chi connectivity index (χ4v) is 2.54. The molecule has 0 aliphatic carbocycles. The van der Waals surface area contributed by atoms with E-state index in [0.717, 1.165) is 51.7 Å². The molecule has 0 saturated carbocycles. The van der Waals surface area contributed by atoms with Crippen LogP contribution in [-0.4, -0.2) is 25.4 Å². The van der Waals surface area contributed by atoms with Crippen molar-refractivity contribution in [2.75, 3.05) is 13.2 Å². The van der Waals surface area contributed by atoms with Crippen LogP contribution in [0.25, 0.3) is 0 Å². The third-order valence-electron chi connectivity index (χ3n) is 3.10.